The Bertz CT molecular complexity index is 828. The maximum atomic E-state index is 12.7. The van der Waals surface area contributed by atoms with E-state index in [1.54, 1.807) is 18.6 Å². The lowest BCUT2D eigenvalue weighted by molar-refractivity contribution is -0.133. The molecule has 1 aromatic heterocycles. The summed E-state index contributed by atoms with van der Waals surface area (Å²) in [7, 11) is 1.64. The minimum absolute atomic E-state index is 0.0467. The topological polar surface area (TPSA) is 64.4 Å². The van der Waals surface area contributed by atoms with Crippen LogP contribution >= 0.6 is 0 Å². The second-order valence-electron chi connectivity index (χ2n) is 6.80. The van der Waals surface area contributed by atoms with Crippen molar-refractivity contribution in [2.75, 3.05) is 13.7 Å². The van der Waals surface area contributed by atoms with Gasteiger partial charge in [-0.25, -0.2) is 4.79 Å². The molecule has 0 bridgehead atoms. The molecule has 0 unspecified atom stereocenters. The highest BCUT2D eigenvalue weighted by atomic mass is 16.5. The van der Waals surface area contributed by atoms with Gasteiger partial charge in [0.1, 0.15) is 5.75 Å². The monoisotopic (exact) mass is 371 g/mol. The van der Waals surface area contributed by atoms with E-state index in [2.05, 4.69) is 11.9 Å². The molecule has 0 N–H and O–H groups in total. The Labute approximate surface area is 160 Å². The molecular formula is C21H29N3O3. The number of hydrogen-bond acceptors (Lipinski definition) is 4. The predicted octanol–water partition coefficient (Wildman–Crippen LogP) is 2.74. The van der Waals surface area contributed by atoms with Crippen LogP contribution in [0.2, 0.25) is 0 Å². The van der Waals surface area contributed by atoms with Crippen molar-refractivity contribution in [2.45, 2.75) is 53.1 Å². The van der Waals surface area contributed by atoms with Crippen molar-refractivity contribution in [3.8, 4) is 5.75 Å². The first-order valence-corrected chi connectivity index (χ1v) is 9.33. The van der Waals surface area contributed by atoms with Crippen LogP contribution < -0.4 is 10.4 Å². The fraction of sp³-hybridized carbons (Fsp3) is 0.476. The average Bonchev–Trinajstić information content (AvgIpc) is 2.62. The second kappa shape index (κ2) is 9.35. The van der Waals surface area contributed by atoms with Crippen LogP contribution in [-0.2, 0) is 17.8 Å². The fourth-order valence-corrected chi connectivity index (χ4v) is 3.34. The zero-order chi connectivity index (χ0) is 20.0. The number of hydrogen-bond donors (Lipinski definition) is 0. The third kappa shape index (κ3) is 5.42. The molecule has 0 saturated carbocycles. The van der Waals surface area contributed by atoms with Crippen LogP contribution in [0.1, 0.15) is 37.2 Å². The maximum absolute atomic E-state index is 12.7. The van der Waals surface area contributed by atoms with Gasteiger partial charge in [0.2, 0.25) is 5.91 Å². The van der Waals surface area contributed by atoms with Crippen molar-refractivity contribution in [3.63, 3.8) is 0 Å². The Kier molecular flexibility index (Phi) is 7.16. The zero-order valence-electron chi connectivity index (χ0n) is 16.9. The number of likely N-dealkylation sites (N-methyl/N-ethyl adjacent to an activating group) is 1. The summed E-state index contributed by atoms with van der Waals surface area (Å²) in [5.41, 5.74) is 2.39. The molecule has 1 heterocycles. The minimum atomic E-state index is -0.297. The van der Waals surface area contributed by atoms with E-state index in [1.807, 2.05) is 49.1 Å². The molecule has 1 aromatic carbocycles. The molecule has 0 spiro atoms. The summed E-state index contributed by atoms with van der Waals surface area (Å²) in [5.74, 6) is 0.868. The molecule has 27 heavy (non-hydrogen) atoms. The van der Waals surface area contributed by atoms with Gasteiger partial charge in [-0.2, -0.15) is 4.98 Å². The van der Waals surface area contributed by atoms with Gasteiger partial charge in [0.25, 0.3) is 0 Å². The molecule has 0 aliphatic heterocycles. The van der Waals surface area contributed by atoms with E-state index in [0.717, 1.165) is 23.4 Å². The standard InChI is InChI=1S/C21H29N3O3/c1-6-23(17(4)14-18-7-9-19(27-5)10-8-18)20(25)11-12-24-16(3)13-15(2)22-21(24)26/h7-10,13,17H,6,11-12,14H2,1-5H3/t17-/m0/s1. The van der Waals surface area contributed by atoms with Crippen molar-refractivity contribution in [1.29, 1.82) is 0 Å². The highest BCUT2D eigenvalue weighted by molar-refractivity contribution is 5.76. The van der Waals surface area contributed by atoms with Crippen molar-refractivity contribution < 1.29 is 9.53 Å². The first-order chi connectivity index (χ1) is 12.8. The Morgan fingerprint density at radius 1 is 1.26 bits per heavy atom. The van der Waals surface area contributed by atoms with Crippen molar-refractivity contribution in [1.82, 2.24) is 14.5 Å². The number of carbonyl (C=O) groups is 1. The van der Waals surface area contributed by atoms with E-state index in [0.29, 0.717) is 18.8 Å². The highest BCUT2D eigenvalue weighted by Gasteiger charge is 2.19. The average molecular weight is 371 g/mol. The van der Waals surface area contributed by atoms with Crippen LogP contribution in [0, 0.1) is 13.8 Å². The lowest BCUT2D eigenvalue weighted by atomic mass is 10.1. The molecular weight excluding hydrogens is 342 g/mol. The second-order valence-corrected chi connectivity index (χ2v) is 6.80. The molecule has 0 radical (unpaired) electrons. The van der Waals surface area contributed by atoms with Crippen LogP contribution in [0.4, 0.5) is 0 Å². The van der Waals surface area contributed by atoms with E-state index < -0.39 is 0 Å². The summed E-state index contributed by atoms with van der Waals surface area (Å²) in [4.78, 5) is 30.6. The third-order valence-corrected chi connectivity index (χ3v) is 4.78. The van der Waals surface area contributed by atoms with Crippen LogP contribution in [0.25, 0.3) is 0 Å². The first kappa shape index (κ1) is 20.7. The van der Waals surface area contributed by atoms with Crippen molar-refractivity contribution in [2.24, 2.45) is 0 Å². The van der Waals surface area contributed by atoms with E-state index in [4.69, 9.17) is 4.74 Å². The number of ether oxygens (including phenoxy) is 1. The van der Waals surface area contributed by atoms with Gasteiger partial charge >= 0.3 is 5.69 Å². The molecule has 1 atom stereocenters. The van der Waals surface area contributed by atoms with Crippen LogP contribution in [-0.4, -0.2) is 40.1 Å². The van der Waals surface area contributed by atoms with E-state index in [-0.39, 0.29) is 24.1 Å². The quantitative estimate of drug-likeness (QED) is 0.716. The Morgan fingerprint density at radius 3 is 2.48 bits per heavy atom. The van der Waals surface area contributed by atoms with E-state index >= 15 is 0 Å². The van der Waals surface area contributed by atoms with Gasteiger partial charge in [-0.15, -0.1) is 0 Å². The number of nitrogens with zero attached hydrogens (tertiary/aromatic N) is 3. The molecule has 0 saturated heterocycles. The molecule has 0 fully saturated rings. The van der Waals surface area contributed by atoms with Gasteiger partial charge in [0.15, 0.2) is 0 Å². The lowest BCUT2D eigenvalue weighted by Gasteiger charge is -2.28. The van der Waals surface area contributed by atoms with Crippen LogP contribution in [0.15, 0.2) is 35.1 Å². The van der Waals surface area contributed by atoms with Crippen LogP contribution in [0.5, 0.6) is 5.75 Å². The van der Waals surface area contributed by atoms with E-state index in [9.17, 15) is 9.59 Å². The summed E-state index contributed by atoms with van der Waals surface area (Å²) in [5, 5.41) is 0. The molecule has 2 rings (SSSR count). The van der Waals surface area contributed by atoms with Gasteiger partial charge in [0.05, 0.1) is 7.11 Å². The highest BCUT2D eigenvalue weighted by Crippen LogP contribution is 2.15. The number of methoxy groups -OCH3 is 1. The summed E-state index contributed by atoms with van der Waals surface area (Å²) in [6, 6.07) is 9.84. The summed E-state index contributed by atoms with van der Waals surface area (Å²) >= 11 is 0. The molecule has 0 aliphatic rings. The smallest absolute Gasteiger partial charge is 0.347 e. The minimum Gasteiger partial charge on any atom is -0.497 e. The molecule has 6 heteroatoms. The SMILES string of the molecule is CCN(C(=O)CCn1c(C)cc(C)nc1=O)[C@@H](C)Cc1ccc(OC)cc1. The number of rotatable bonds is 8. The number of aromatic nitrogens is 2. The van der Waals surface area contributed by atoms with Gasteiger partial charge in [-0.1, -0.05) is 12.1 Å². The molecule has 146 valence electrons. The Morgan fingerprint density at radius 2 is 1.93 bits per heavy atom. The third-order valence-electron chi connectivity index (χ3n) is 4.78. The normalized spacial score (nSPS) is 11.9. The maximum Gasteiger partial charge on any atom is 0.347 e. The van der Waals surface area contributed by atoms with Crippen LogP contribution in [0.3, 0.4) is 0 Å². The zero-order valence-corrected chi connectivity index (χ0v) is 16.9. The van der Waals surface area contributed by atoms with Crippen molar-refractivity contribution in [3.05, 3.63) is 57.8 Å². The molecule has 1 amide bonds. The molecule has 0 aliphatic carbocycles. The molecule has 6 nitrogen and oxygen atoms in total. The predicted molar refractivity (Wildman–Crippen MR) is 106 cm³/mol. The Balaban J connectivity index is 2.01. The molecule has 2 aromatic rings. The van der Waals surface area contributed by atoms with Gasteiger partial charge in [0, 0.05) is 36.9 Å². The van der Waals surface area contributed by atoms with E-state index in [1.165, 1.54) is 0 Å². The number of benzene rings is 1. The summed E-state index contributed by atoms with van der Waals surface area (Å²) in [6.07, 6.45) is 1.06. The number of carbonyl (C=O) groups excluding carboxylic acids is 1. The lowest BCUT2D eigenvalue weighted by Crippen LogP contribution is -2.40. The first-order valence-electron chi connectivity index (χ1n) is 9.33. The Hall–Kier alpha value is -2.63. The van der Waals surface area contributed by atoms with Gasteiger partial charge < -0.3 is 9.64 Å². The van der Waals surface area contributed by atoms with Gasteiger partial charge in [-0.05, 0) is 57.9 Å². The largest absolute Gasteiger partial charge is 0.497 e. The number of amides is 1. The summed E-state index contributed by atoms with van der Waals surface area (Å²) < 4.78 is 6.75. The summed E-state index contributed by atoms with van der Waals surface area (Å²) in [6.45, 7) is 8.68. The number of aryl methyl sites for hydroxylation is 2. The van der Waals surface area contributed by atoms with Crippen molar-refractivity contribution >= 4 is 5.91 Å². The fourth-order valence-electron chi connectivity index (χ4n) is 3.34. The van der Waals surface area contributed by atoms with Gasteiger partial charge in [-0.3, -0.25) is 9.36 Å².